The maximum Gasteiger partial charge on any atom is 0.0660 e. The summed E-state index contributed by atoms with van der Waals surface area (Å²) in [7, 11) is 1.72. The van der Waals surface area contributed by atoms with Crippen molar-refractivity contribution in [2.75, 3.05) is 20.3 Å². The van der Waals surface area contributed by atoms with Crippen molar-refractivity contribution >= 4 is 0 Å². The summed E-state index contributed by atoms with van der Waals surface area (Å²) in [5.41, 5.74) is 6.34. The van der Waals surface area contributed by atoms with Gasteiger partial charge in [0.05, 0.1) is 6.10 Å². The van der Waals surface area contributed by atoms with Crippen molar-refractivity contribution in [2.45, 2.75) is 51.7 Å². The fraction of sp³-hybridized carbons (Fsp3) is 1.00. The van der Waals surface area contributed by atoms with E-state index in [2.05, 4.69) is 13.8 Å². The summed E-state index contributed by atoms with van der Waals surface area (Å²) < 4.78 is 10.9. The lowest BCUT2D eigenvalue weighted by Crippen LogP contribution is -2.61. The largest absolute Gasteiger partial charge is 0.385 e. The first-order chi connectivity index (χ1) is 7.21. The van der Waals surface area contributed by atoms with Gasteiger partial charge >= 0.3 is 0 Å². The van der Waals surface area contributed by atoms with Crippen LogP contribution in [0.1, 0.15) is 39.5 Å². The second-order valence-corrected chi connectivity index (χ2v) is 4.49. The molecule has 0 radical (unpaired) electrons. The average molecular weight is 215 g/mol. The monoisotopic (exact) mass is 215 g/mol. The number of nitrogens with two attached hydrogens (primary N) is 1. The minimum atomic E-state index is 0.243. The number of hydrogen-bond donors (Lipinski definition) is 1. The first-order valence-corrected chi connectivity index (χ1v) is 6.07. The normalized spacial score (nSPS) is 28.8. The molecule has 2 atom stereocenters. The van der Waals surface area contributed by atoms with Gasteiger partial charge in [-0.2, -0.15) is 0 Å². The van der Waals surface area contributed by atoms with Crippen molar-refractivity contribution in [3.8, 4) is 0 Å². The summed E-state index contributed by atoms with van der Waals surface area (Å²) in [6.45, 7) is 6.01. The van der Waals surface area contributed by atoms with E-state index < -0.39 is 0 Å². The molecule has 0 spiro atoms. The maximum absolute atomic E-state index is 6.09. The first kappa shape index (κ1) is 12.9. The van der Waals surface area contributed by atoms with Crippen molar-refractivity contribution < 1.29 is 9.47 Å². The third kappa shape index (κ3) is 2.52. The van der Waals surface area contributed by atoms with Crippen LogP contribution in [-0.2, 0) is 9.47 Å². The molecule has 3 nitrogen and oxygen atoms in total. The molecule has 0 aliphatic heterocycles. The van der Waals surface area contributed by atoms with Crippen LogP contribution in [0.5, 0.6) is 0 Å². The van der Waals surface area contributed by atoms with Gasteiger partial charge in [-0.3, -0.25) is 0 Å². The molecule has 1 rings (SSSR count). The Morgan fingerprint density at radius 1 is 1.27 bits per heavy atom. The van der Waals surface area contributed by atoms with Gasteiger partial charge in [0.25, 0.3) is 0 Å². The van der Waals surface area contributed by atoms with Crippen molar-refractivity contribution in [3.05, 3.63) is 0 Å². The minimum Gasteiger partial charge on any atom is -0.385 e. The Kier molecular flexibility index (Phi) is 5.03. The van der Waals surface area contributed by atoms with Crippen LogP contribution in [0.3, 0.4) is 0 Å². The third-order valence-electron chi connectivity index (χ3n) is 3.98. The number of methoxy groups -OCH3 is 1. The van der Waals surface area contributed by atoms with Gasteiger partial charge in [-0.1, -0.05) is 13.8 Å². The van der Waals surface area contributed by atoms with Crippen LogP contribution in [0.2, 0.25) is 0 Å². The van der Waals surface area contributed by atoms with Gasteiger partial charge in [-0.25, -0.2) is 0 Å². The van der Waals surface area contributed by atoms with Crippen LogP contribution in [0.4, 0.5) is 0 Å². The van der Waals surface area contributed by atoms with E-state index >= 15 is 0 Å². The van der Waals surface area contributed by atoms with Gasteiger partial charge in [0.15, 0.2) is 0 Å². The van der Waals surface area contributed by atoms with Crippen LogP contribution < -0.4 is 5.73 Å². The van der Waals surface area contributed by atoms with Crippen LogP contribution in [0, 0.1) is 5.41 Å². The number of rotatable bonds is 7. The quantitative estimate of drug-likeness (QED) is 0.660. The van der Waals surface area contributed by atoms with E-state index in [0.29, 0.717) is 12.1 Å². The van der Waals surface area contributed by atoms with Crippen molar-refractivity contribution in [1.29, 1.82) is 0 Å². The Labute approximate surface area is 93.3 Å². The molecule has 15 heavy (non-hydrogen) atoms. The lowest BCUT2D eigenvalue weighted by atomic mass is 9.59. The highest BCUT2D eigenvalue weighted by atomic mass is 16.5. The summed E-state index contributed by atoms with van der Waals surface area (Å²) in [4.78, 5) is 0. The summed E-state index contributed by atoms with van der Waals surface area (Å²) in [6, 6.07) is 0.333. The zero-order valence-corrected chi connectivity index (χ0v) is 10.3. The van der Waals surface area contributed by atoms with Crippen molar-refractivity contribution in [2.24, 2.45) is 11.1 Å². The van der Waals surface area contributed by atoms with Crippen LogP contribution >= 0.6 is 0 Å². The highest BCUT2D eigenvalue weighted by Gasteiger charge is 2.51. The van der Waals surface area contributed by atoms with Gasteiger partial charge in [0.1, 0.15) is 0 Å². The van der Waals surface area contributed by atoms with E-state index in [1.165, 1.54) is 0 Å². The zero-order chi connectivity index (χ0) is 11.3. The SMILES string of the molecule is CCC1(CC)C(N)CC1OCCCOC. The highest BCUT2D eigenvalue weighted by Crippen LogP contribution is 2.47. The molecule has 2 N–H and O–H groups in total. The Hall–Kier alpha value is -0.120. The molecule has 1 aliphatic rings. The van der Waals surface area contributed by atoms with Gasteiger partial charge in [-0.05, 0) is 25.7 Å². The van der Waals surface area contributed by atoms with Gasteiger partial charge in [-0.15, -0.1) is 0 Å². The molecule has 0 aromatic rings. The Balaban J connectivity index is 2.30. The third-order valence-corrected chi connectivity index (χ3v) is 3.98. The molecule has 0 heterocycles. The molecule has 0 amide bonds. The first-order valence-electron chi connectivity index (χ1n) is 6.07. The lowest BCUT2D eigenvalue weighted by molar-refractivity contribution is -0.132. The second kappa shape index (κ2) is 5.83. The van der Waals surface area contributed by atoms with Crippen LogP contribution in [0.15, 0.2) is 0 Å². The van der Waals surface area contributed by atoms with E-state index in [4.69, 9.17) is 15.2 Å². The second-order valence-electron chi connectivity index (χ2n) is 4.49. The van der Waals surface area contributed by atoms with E-state index in [9.17, 15) is 0 Å². The van der Waals surface area contributed by atoms with Gasteiger partial charge < -0.3 is 15.2 Å². The van der Waals surface area contributed by atoms with E-state index in [-0.39, 0.29) is 5.41 Å². The fourth-order valence-electron chi connectivity index (χ4n) is 2.67. The molecule has 0 saturated heterocycles. The Morgan fingerprint density at radius 2 is 1.93 bits per heavy atom. The van der Waals surface area contributed by atoms with E-state index in [1.54, 1.807) is 7.11 Å². The zero-order valence-electron chi connectivity index (χ0n) is 10.3. The van der Waals surface area contributed by atoms with Crippen molar-refractivity contribution in [1.82, 2.24) is 0 Å². The Morgan fingerprint density at radius 3 is 2.40 bits per heavy atom. The predicted octanol–water partition coefficient (Wildman–Crippen LogP) is 1.95. The van der Waals surface area contributed by atoms with Gasteiger partial charge in [0.2, 0.25) is 0 Å². The van der Waals surface area contributed by atoms with Gasteiger partial charge in [0, 0.05) is 31.8 Å². The standard InChI is InChI=1S/C12H25NO2/c1-4-12(5-2)10(13)9-11(12)15-8-6-7-14-3/h10-11H,4-9,13H2,1-3H3. The highest BCUT2D eigenvalue weighted by molar-refractivity contribution is 5.05. The van der Waals surface area contributed by atoms with Crippen molar-refractivity contribution in [3.63, 3.8) is 0 Å². The Bertz CT molecular complexity index is 180. The molecular weight excluding hydrogens is 190 g/mol. The minimum absolute atomic E-state index is 0.243. The maximum atomic E-state index is 6.09. The lowest BCUT2D eigenvalue weighted by Gasteiger charge is -2.53. The summed E-state index contributed by atoms with van der Waals surface area (Å²) in [5.74, 6) is 0. The molecule has 1 aliphatic carbocycles. The van der Waals surface area contributed by atoms with E-state index in [1.807, 2.05) is 0 Å². The molecule has 0 bridgehead atoms. The molecule has 2 unspecified atom stereocenters. The summed E-state index contributed by atoms with van der Waals surface area (Å²) in [5, 5.41) is 0. The van der Waals surface area contributed by atoms with Crippen LogP contribution in [-0.4, -0.2) is 32.5 Å². The summed E-state index contributed by atoms with van der Waals surface area (Å²) >= 11 is 0. The summed E-state index contributed by atoms with van der Waals surface area (Å²) in [6.07, 6.45) is 4.62. The van der Waals surface area contributed by atoms with E-state index in [0.717, 1.165) is 38.9 Å². The molecule has 1 fully saturated rings. The van der Waals surface area contributed by atoms with Crippen LogP contribution in [0.25, 0.3) is 0 Å². The fourth-order valence-corrected chi connectivity index (χ4v) is 2.67. The molecule has 0 aromatic heterocycles. The molecule has 90 valence electrons. The molecule has 0 aromatic carbocycles. The number of ether oxygens (including phenoxy) is 2. The topological polar surface area (TPSA) is 44.5 Å². The predicted molar refractivity (Wildman–Crippen MR) is 61.8 cm³/mol. The molecular formula is C12H25NO2. The number of hydrogen-bond acceptors (Lipinski definition) is 3. The molecule has 3 heteroatoms. The molecule has 1 saturated carbocycles. The smallest absolute Gasteiger partial charge is 0.0660 e. The average Bonchev–Trinajstić information content (AvgIpc) is 2.24.